The molecule has 108 valence electrons. The van der Waals surface area contributed by atoms with Crippen LogP contribution < -0.4 is 5.32 Å². The van der Waals surface area contributed by atoms with Crippen LogP contribution in [0.15, 0.2) is 36.4 Å². The molecule has 1 aromatic carbocycles. The lowest BCUT2D eigenvalue weighted by Crippen LogP contribution is -2.19. The van der Waals surface area contributed by atoms with Crippen molar-refractivity contribution >= 4 is 11.7 Å². The number of carbonyl (C=O) groups is 1. The minimum atomic E-state index is -0.877. The van der Waals surface area contributed by atoms with Crippen LogP contribution in [0.4, 0.5) is 5.69 Å². The minimum absolute atomic E-state index is 0.335. The summed E-state index contributed by atoms with van der Waals surface area (Å²) in [6.07, 6.45) is 13.2. The SMILES string of the molecule is O=C(O)c1ccc(NC2CC=CCCCCCC2)cc1. The summed E-state index contributed by atoms with van der Waals surface area (Å²) in [6.45, 7) is 0. The summed E-state index contributed by atoms with van der Waals surface area (Å²) in [5, 5.41) is 12.4. The molecule has 1 atom stereocenters. The van der Waals surface area contributed by atoms with E-state index in [0.717, 1.165) is 12.1 Å². The maximum absolute atomic E-state index is 10.8. The van der Waals surface area contributed by atoms with Gasteiger partial charge in [-0.2, -0.15) is 0 Å². The van der Waals surface area contributed by atoms with Gasteiger partial charge in [0.1, 0.15) is 0 Å². The minimum Gasteiger partial charge on any atom is -0.478 e. The molecule has 1 aromatic rings. The first-order chi connectivity index (χ1) is 9.75. The monoisotopic (exact) mass is 273 g/mol. The van der Waals surface area contributed by atoms with Crippen molar-refractivity contribution in [1.82, 2.24) is 0 Å². The highest BCUT2D eigenvalue weighted by Crippen LogP contribution is 2.18. The molecular formula is C17H23NO2. The summed E-state index contributed by atoms with van der Waals surface area (Å²) in [7, 11) is 0. The lowest BCUT2D eigenvalue weighted by Gasteiger charge is -2.19. The van der Waals surface area contributed by atoms with Gasteiger partial charge >= 0.3 is 5.97 Å². The molecule has 3 nitrogen and oxygen atoms in total. The first-order valence-electron chi connectivity index (χ1n) is 7.50. The number of hydrogen-bond acceptors (Lipinski definition) is 2. The van der Waals surface area contributed by atoms with Crippen LogP contribution in [0.25, 0.3) is 0 Å². The summed E-state index contributed by atoms with van der Waals surface area (Å²) in [5.74, 6) is -0.877. The van der Waals surface area contributed by atoms with Crippen LogP contribution in [0.5, 0.6) is 0 Å². The number of benzene rings is 1. The van der Waals surface area contributed by atoms with E-state index in [1.165, 1.54) is 38.5 Å². The van der Waals surface area contributed by atoms with Crippen molar-refractivity contribution in [3.63, 3.8) is 0 Å². The van der Waals surface area contributed by atoms with Crippen molar-refractivity contribution in [2.24, 2.45) is 0 Å². The molecule has 0 spiro atoms. The lowest BCUT2D eigenvalue weighted by molar-refractivity contribution is 0.0697. The van der Waals surface area contributed by atoms with Crippen molar-refractivity contribution in [2.45, 2.75) is 51.0 Å². The Balaban J connectivity index is 1.95. The van der Waals surface area contributed by atoms with Crippen LogP contribution in [-0.2, 0) is 0 Å². The van der Waals surface area contributed by atoms with Gasteiger partial charge in [-0.15, -0.1) is 0 Å². The predicted octanol–water partition coefficient (Wildman–Crippen LogP) is 4.47. The molecule has 1 aliphatic carbocycles. The summed E-state index contributed by atoms with van der Waals surface area (Å²) < 4.78 is 0. The van der Waals surface area contributed by atoms with Crippen molar-refractivity contribution < 1.29 is 9.90 Å². The van der Waals surface area contributed by atoms with Gasteiger partial charge in [0.15, 0.2) is 0 Å². The zero-order valence-electron chi connectivity index (χ0n) is 11.8. The highest BCUT2D eigenvalue weighted by Gasteiger charge is 2.08. The van der Waals surface area contributed by atoms with Gasteiger partial charge < -0.3 is 10.4 Å². The van der Waals surface area contributed by atoms with Gasteiger partial charge in [0.25, 0.3) is 0 Å². The summed E-state index contributed by atoms with van der Waals surface area (Å²) >= 11 is 0. The zero-order chi connectivity index (χ0) is 14.2. The van der Waals surface area contributed by atoms with Gasteiger partial charge in [0, 0.05) is 11.7 Å². The molecule has 1 unspecified atom stereocenters. The topological polar surface area (TPSA) is 49.3 Å². The van der Waals surface area contributed by atoms with Gasteiger partial charge in [-0.05, 0) is 49.9 Å². The number of allylic oxidation sites excluding steroid dienone is 1. The molecule has 1 aliphatic rings. The highest BCUT2D eigenvalue weighted by atomic mass is 16.4. The molecule has 3 heteroatoms. The van der Waals surface area contributed by atoms with Crippen molar-refractivity contribution in [3.8, 4) is 0 Å². The number of nitrogens with one attached hydrogen (secondary N) is 1. The first kappa shape index (κ1) is 14.6. The molecule has 0 aliphatic heterocycles. The Hall–Kier alpha value is -1.77. The van der Waals surface area contributed by atoms with Crippen LogP contribution in [0.3, 0.4) is 0 Å². The van der Waals surface area contributed by atoms with Crippen LogP contribution in [0.2, 0.25) is 0 Å². The van der Waals surface area contributed by atoms with Gasteiger partial charge in [-0.3, -0.25) is 0 Å². The summed E-state index contributed by atoms with van der Waals surface area (Å²) in [6, 6.07) is 7.46. The Morgan fingerprint density at radius 2 is 1.80 bits per heavy atom. The van der Waals surface area contributed by atoms with Crippen molar-refractivity contribution in [1.29, 1.82) is 0 Å². The molecule has 2 N–H and O–H groups in total. The maximum Gasteiger partial charge on any atom is 0.335 e. The fraction of sp³-hybridized carbons (Fsp3) is 0.471. The van der Waals surface area contributed by atoms with Crippen LogP contribution in [0, 0.1) is 0 Å². The average molecular weight is 273 g/mol. The third kappa shape index (κ3) is 4.72. The third-order valence-electron chi connectivity index (χ3n) is 3.76. The molecule has 20 heavy (non-hydrogen) atoms. The predicted molar refractivity (Wildman–Crippen MR) is 82.3 cm³/mol. The highest BCUT2D eigenvalue weighted by molar-refractivity contribution is 5.87. The second-order valence-electron chi connectivity index (χ2n) is 5.42. The van der Waals surface area contributed by atoms with E-state index in [0.29, 0.717) is 11.6 Å². The lowest BCUT2D eigenvalue weighted by atomic mass is 10.0. The number of rotatable bonds is 3. The summed E-state index contributed by atoms with van der Waals surface area (Å²) in [4.78, 5) is 10.8. The average Bonchev–Trinajstić information content (AvgIpc) is 2.46. The maximum atomic E-state index is 10.8. The van der Waals surface area contributed by atoms with E-state index in [2.05, 4.69) is 17.5 Å². The molecule has 0 bridgehead atoms. The number of carboxylic acid groups (broad SMARTS) is 1. The molecule has 0 saturated carbocycles. The Kier molecular flexibility index (Phi) is 5.66. The molecule has 0 heterocycles. The molecule has 2 rings (SSSR count). The van der Waals surface area contributed by atoms with E-state index in [-0.39, 0.29) is 0 Å². The van der Waals surface area contributed by atoms with Gasteiger partial charge in [-0.1, -0.05) is 31.4 Å². The number of hydrogen-bond donors (Lipinski definition) is 2. The van der Waals surface area contributed by atoms with Crippen molar-refractivity contribution in [3.05, 3.63) is 42.0 Å². The molecule has 0 radical (unpaired) electrons. The van der Waals surface area contributed by atoms with Crippen LogP contribution in [0.1, 0.15) is 55.3 Å². The fourth-order valence-electron chi connectivity index (χ4n) is 2.58. The largest absolute Gasteiger partial charge is 0.478 e. The fourth-order valence-corrected chi connectivity index (χ4v) is 2.58. The second-order valence-corrected chi connectivity index (χ2v) is 5.42. The molecule has 0 fully saturated rings. The standard InChI is InChI=1S/C17H23NO2/c19-17(20)14-10-12-16(13-11-14)18-15-8-6-4-2-1-3-5-7-9-15/h4,6,10-13,15,18H,1-3,5,7-9H2,(H,19,20). The number of anilines is 1. The van der Waals surface area contributed by atoms with E-state index in [4.69, 9.17) is 5.11 Å². The van der Waals surface area contributed by atoms with E-state index in [1.807, 2.05) is 12.1 Å². The Morgan fingerprint density at radius 3 is 2.55 bits per heavy atom. The molecule has 0 saturated heterocycles. The van der Waals surface area contributed by atoms with Crippen LogP contribution in [-0.4, -0.2) is 17.1 Å². The normalized spacial score (nSPS) is 20.3. The molecule has 0 aromatic heterocycles. The smallest absolute Gasteiger partial charge is 0.335 e. The van der Waals surface area contributed by atoms with E-state index in [9.17, 15) is 4.79 Å². The zero-order valence-corrected chi connectivity index (χ0v) is 11.8. The number of carboxylic acids is 1. The number of aromatic carboxylic acids is 1. The quantitative estimate of drug-likeness (QED) is 0.799. The van der Waals surface area contributed by atoms with E-state index >= 15 is 0 Å². The van der Waals surface area contributed by atoms with Gasteiger partial charge in [0.2, 0.25) is 0 Å². The van der Waals surface area contributed by atoms with E-state index in [1.54, 1.807) is 12.1 Å². The first-order valence-corrected chi connectivity index (χ1v) is 7.50. The Labute approximate surface area is 120 Å². The second kappa shape index (κ2) is 7.73. The van der Waals surface area contributed by atoms with E-state index < -0.39 is 5.97 Å². The van der Waals surface area contributed by atoms with Gasteiger partial charge in [0.05, 0.1) is 5.56 Å². The molecular weight excluding hydrogens is 250 g/mol. The van der Waals surface area contributed by atoms with Crippen molar-refractivity contribution in [2.75, 3.05) is 5.32 Å². The Morgan fingerprint density at radius 1 is 1.05 bits per heavy atom. The van der Waals surface area contributed by atoms with Crippen LogP contribution >= 0.6 is 0 Å². The Bertz CT molecular complexity index is 451. The summed E-state index contributed by atoms with van der Waals surface area (Å²) in [5.41, 5.74) is 1.34. The molecule has 0 amide bonds. The third-order valence-corrected chi connectivity index (χ3v) is 3.76. The van der Waals surface area contributed by atoms with Gasteiger partial charge in [-0.25, -0.2) is 4.79 Å².